The molecule has 10 N–H and O–H groups in total. The van der Waals surface area contributed by atoms with Crippen LogP contribution in [0.5, 0.6) is 28.7 Å². The molecule has 0 aliphatic rings. The fourth-order valence-corrected chi connectivity index (χ4v) is 10.8. The van der Waals surface area contributed by atoms with Crippen LogP contribution in [0.3, 0.4) is 0 Å². The van der Waals surface area contributed by atoms with E-state index in [0.29, 0.717) is 46.1 Å². The van der Waals surface area contributed by atoms with Crippen molar-refractivity contribution in [2.24, 2.45) is 42.2 Å². The lowest BCUT2D eigenvalue weighted by Gasteiger charge is -2.27. The van der Waals surface area contributed by atoms with E-state index in [-0.39, 0.29) is 130 Å². The minimum atomic E-state index is -0.213. The molecule has 0 spiro atoms. The van der Waals surface area contributed by atoms with Crippen LogP contribution >= 0.6 is 0 Å². The van der Waals surface area contributed by atoms with Crippen molar-refractivity contribution < 1.29 is 51.1 Å². The Hall–Kier alpha value is -7.53. The van der Waals surface area contributed by atoms with Crippen molar-refractivity contribution in [3.8, 4) is 28.7 Å². The Kier molecular flexibility index (Phi) is 36.8. The number of aliphatic hydroxyl groups excluding tert-OH is 5. The summed E-state index contributed by atoms with van der Waals surface area (Å²) in [6.07, 6.45) is 10.8. The molecule has 0 heterocycles. The third-order valence-electron chi connectivity index (χ3n) is 17.8. The fraction of sp³-hybridized carbons (Fsp3) is 0.539. The van der Waals surface area contributed by atoms with E-state index in [9.17, 15) is 46.0 Å². The van der Waals surface area contributed by atoms with Crippen LogP contribution < -0.4 is 0 Å². The molecule has 6 aromatic carbocycles. The average molecular weight is 1440 g/mol. The van der Waals surface area contributed by atoms with E-state index in [2.05, 4.69) is 183 Å². The number of para-hydroxylation sites is 4. The summed E-state index contributed by atoms with van der Waals surface area (Å²) in [5.74, 6) is 2.19. The Morgan fingerprint density at radius 2 is 0.702 bits per heavy atom. The molecule has 0 aliphatic carbocycles. The third-order valence-corrected chi connectivity index (χ3v) is 17.8. The van der Waals surface area contributed by atoms with Gasteiger partial charge in [0.25, 0.3) is 0 Å². The first-order chi connectivity index (χ1) is 48.0. The van der Waals surface area contributed by atoms with Gasteiger partial charge in [0.1, 0.15) is 28.7 Å². The molecule has 0 radical (unpaired) electrons. The Balaban J connectivity index is 0.000000442. The van der Waals surface area contributed by atoms with E-state index < -0.39 is 0 Å². The van der Waals surface area contributed by atoms with Crippen LogP contribution in [0.2, 0.25) is 0 Å². The lowest BCUT2D eigenvalue weighted by molar-refractivity contribution is 0.191. The average Bonchev–Trinajstić information content (AvgIpc) is 0.778. The first-order valence-corrected chi connectivity index (χ1v) is 36.9. The fourth-order valence-electron chi connectivity index (χ4n) is 10.8. The molecule has 0 aromatic heterocycles. The molecule has 6 rings (SSSR count). The highest BCUT2D eigenvalue weighted by Crippen LogP contribution is 2.39. The van der Waals surface area contributed by atoms with Crippen LogP contribution in [0, 0.1) is 17.3 Å². The van der Waals surface area contributed by atoms with Gasteiger partial charge >= 0.3 is 0 Å². The summed E-state index contributed by atoms with van der Waals surface area (Å²) in [7, 11) is 0. The number of benzene rings is 6. The van der Waals surface area contributed by atoms with Gasteiger partial charge in [0, 0.05) is 64.5 Å². The molecule has 0 saturated carbocycles. The second-order valence-electron chi connectivity index (χ2n) is 35.0. The van der Waals surface area contributed by atoms with E-state index in [1.807, 2.05) is 137 Å². The second-order valence-corrected chi connectivity index (χ2v) is 35.0. The van der Waals surface area contributed by atoms with Gasteiger partial charge in [-0.05, 0) is 133 Å². The van der Waals surface area contributed by atoms with Crippen LogP contribution in [0.15, 0.2) is 140 Å². The normalized spacial score (nSPS) is 14.5. The van der Waals surface area contributed by atoms with Gasteiger partial charge in [-0.25, -0.2) is 0 Å². The number of aromatic hydroxyl groups is 5. The van der Waals surface area contributed by atoms with E-state index in [4.69, 9.17) is 5.11 Å². The zero-order valence-corrected chi connectivity index (χ0v) is 68.3. The van der Waals surface area contributed by atoms with Gasteiger partial charge in [0.15, 0.2) is 0 Å². The molecule has 15 heteroatoms. The first-order valence-electron chi connectivity index (χ1n) is 36.9. The highest BCUT2D eigenvalue weighted by atomic mass is 16.3. The molecule has 104 heavy (non-hydrogen) atoms. The first kappa shape index (κ1) is 92.6. The van der Waals surface area contributed by atoms with Gasteiger partial charge < -0.3 is 51.1 Å². The molecule has 15 nitrogen and oxygen atoms in total. The molecule has 6 aromatic rings. The van der Waals surface area contributed by atoms with Gasteiger partial charge in [-0.1, -0.05) is 264 Å². The Labute approximate surface area is 627 Å². The van der Waals surface area contributed by atoms with Gasteiger partial charge in [0.05, 0.1) is 63.2 Å². The van der Waals surface area contributed by atoms with E-state index in [0.717, 1.165) is 46.2 Å². The molecule has 6 atom stereocenters. The maximum Gasteiger partial charge on any atom is 0.128 e. The second kappa shape index (κ2) is 41.4. The maximum atomic E-state index is 10.5. The van der Waals surface area contributed by atoms with Crippen molar-refractivity contribution in [2.75, 3.05) is 33.0 Å². The predicted octanol–water partition coefficient (Wildman–Crippen LogP) is 18.0. The van der Waals surface area contributed by atoms with Crippen molar-refractivity contribution in [2.45, 2.75) is 262 Å². The number of aliphatic hydroxyl groups is 5. The third kappa shape index (κ3) is 30.9. The standard InChI is InChI=1S/C20H25NO2.C18H29NO2.3C17H27NO2/c1-20(2,3)18-11-7-10-16(19(18)23)13-21-17(14-22)12-15-8-5-4-6-9-15;1-12(11-20)19-10-13-8-14(17(2,3)4)9-15(16(13)21)18(5,6)7;1-16(2,3)13-9-7-8-12(15(13)20)10-18-14(11-19)17(4,5)6;1-12(2)9-14(11-19)18-10-13-7-6-8-15(16(13)20)17(3,4)5;1-6-12(2)15(11-19)18-10-13-8-7-9-14(16(13)20)17(3,4)5/h4-11,13,17,22-23H,12,14H2,1-3H3;8-10,12,20-21H,11H2,1-7H3;7-10,14,19-20H,11H2,1-6H3;6-8,10,12,14,19-20H,9,11H2,1-5H3;7-10,12,15,19-20H,6,11H2,1-5H3/t17-;12-;2*14-;12?,15-/m00101/s1. The van der Waals surface area contributed by atoms with Gasteiger partial charge in [0.2, 0.25) is 0 Å². The summed E-state index contributed by atoms with van der Waals surface area (Å²) in [6, 6.07) is 36.1. The molecular weight excluding hydrogens is 1300 g/mol. The van der Waals surface area contributed by atoms with E-state index in [1.165, 1.54) is 5.56 Å². The Morgan fingerprint density at radius 1 is 0.346 bits per heavy atom. The number of hydrogen-bond donors (Lipinski definition) is 10. The zero-order valence-electron chi connectivity index (χ0n) is 68.3. The van der Waals surface area contributed by atoms with Crippen LogP contribution in [0.4, 0.5) is 0 Å². The monoisotopic (exact) mass is 1430 g/mol. The van der Waals surface area contributed by atoms with Crippen molar-refractivity contribution in [3.63, 3.8) is 0 Å². The topological polar surface area (TPSA) is 264 Å². The van der Waals surface area contributed by atoms with Crippen molar-refractivity contribution in [1.82, 2.24) is 0 Å². The lowest BCUT2D eigenvalue weighted by atomic mass is 9.79. The molecule has 0 amide bonds. The largest absolute Gasteiger partial charge is 0.507 e. The molecule has 576 valence electrons. The minimum absolute atomic E-state index is 0.000274. The molecular formula is C89H135N5O10. The summed E-state index contributed by atoms with van der Waals surface area (Å²) >= 11 is 0. The van der Waals surface area contributed by atoms with Gasteiger partial charge in [-0.3, -0.25) is 25.0 Å². The number of phenols is 5. The van der Waals surface area contributed by atoms with Crippen molar-refractivity contribution in [3.05, 3.63) is 182 Å². The van der Waals surface area contributed by atoms with Crippen LogP contribution in [0.25, 0.3) is 0 Å². The van der Waals surface area contributed by atoms with Crippen LogP contribution in [0.1, 0.15) is 260 Å². The van der Waals surface area contributed by atoms with Gasteiger partial charge in [-0.15, -0.1) is 0 Å². The zero-order chi connectivity index (χ0) is 79.5. The number of hydrogen-bond acceptors (Lipinski definition) is 15. The summed E-state index contributed by atoms with van der Waals surface area (Å²) in [5.41, 5.74) is 9.63. The summed E-state index contributed by atoms with van der Waals surface area (Å²) < 4.78 is 0. The molecule has 1 unspecified atom stereocenters. The number of phenolic OH excluding ortho intramolecular Hbond substituents is 5. The summed E-state index contributed by atoms with van der Waals surface area (Å²) in [4.78, 5) is 22.0. The van der Waals surface area contributed by atoms with Crippen LogP contribution in [-0.4, -0.2) is 145 Å². The molecule has 0 fully saturated rings. The number of aliphatic imine (C=N–C) groups is 5. The number of rotatable bonds is 21. The summed E-state index contributed by atoms with van der Waals surface area (Å²) in [5, 5.41) is 98.8. The highest BCUT2D eigenvalue weighted by molar-refractivity contribution is 5.87. The highest BCUT2D eigenvalue weighted by Gasteiger charge is 2.28. The van der Waals surface area contributed by atoms with Crippen LogP contribution in [-0.2, 0) is 38.9 Å². The predicted molar refractivity (Wildman–Crippen MR) is 439 cm³/mol. The Morgan fingerprint density at radius 3 is 1.02 bits per heavy atom. The molecule has 0 aliphatic heterocycles. The number of nitrogens with zero attached hydrogens (tertiary/aromatic N) is 5. The quantitative estimate of drug-likeness (QED) is 0.0305. The van der Waals surface area contributed by atoms with E-state index >= 15 is 0 Å². The lowest BCUT2D eigenvalue weighted by Crippen LogP contribution is -2.28. The smallest absolute Gasteiger partial charge is 0.128 e. The Bertz CT molecular complexity index is 3690. The maximum absolute atomic E-state index is 10.5. The summed E-state index contributed by atoms with van der Waals surface area (Å²) in [6.45, 7) is 53.9. The van der Waals surface area contributed by atoms with Gasteiger partial charge in [-0.2, -0.15) is 0 Å². The van der Waals surface area contributed by atoms with E-state index in [1.54, 1.807) is 31.1 Å². The molecule has 0 bridgehead atoms. The minimum Gasteiger partial charge on any atom is -0.507 e. The van der Waals surface area contributed by atoms with Crippen molar-refractivity contribution in [1.29, 1.82) is 0 Å². The molecule has 0 saturated heterocycles. The SMILES string of the molecule is CC(C)(C)c1cccc(C=N[C@H](CO)C(C)(C)C)c1O.CC(C)(C)c1cccc(C=N[C@H](CO)Cc2ccccc2)c1O.CC(C)C[C@@H](CO)N=Cc1cccc(C(C)(C)C)c1O.CCC(C)[C@@H](CO)N=Cc1cccc(C(C)(C)C)c1O.C[C@@H](CO)N=Cc1cc(C(C)(C)C)cc(C(C)(C)C)c1O. The van der Waals surface area contributed by atoms with Crippen molar-refractivity contribution >= 4 is 31.1 Å².